The fourth-order valence-corrected chi connectivity index (χ4v) is 3.94. The number of esters is 1. The molecular formula is C25H26N4O4. The van der Waals surface area contributed by atoms with Crippen LogP contribution in [-0.2, 0) is 4.74 Å². The van der Waals surface area contributed by atoms with Crippen LogP contribution in [0.15, 0.2) is 60.7 Å². The maximum atomic E-state index is 12.7. The first-order valence-electron chi connectivity index (χ1n) is 10.8. The third kappa shape index (κ3) is 5.11. The molecule has 1 N–H and O–H groups in total. The molecule has 170 valence electrons. The minimum Gasteiger partial charge on any atom is -0.496 e. The van der Waals surface area contributed by atoms with Crippen LogP contribution >= 0.6 is 0 Å². The molecule has 1 fully saturated rings. The van der Waals surface area contributed by atoms with Crippen molar-refractivity contribution in [2.24, 2.45) is 0 Å². The number of hydrogen-bond donors (Lipinski definition) is 1. The van der Waals surface area contributed by atoms with E-state index in [-0.39, 0.29) is 11.9 Å². The number of hydrogen-bond acceptors (Lipinski definition) is 7. The largest absolute Gasteiger partial charge is 0.496 e. The van der Waals surface area contributed by atoms with E-state index in [2.05, 4.69) is 20.4 Å². The zero-order valence-corrected chi connectivity index (χ0v) is 18.7. The summed E-state index contributed by atoms with van der Waals surface area (Å²) in [6.45, 7) is 1.50. The first-order chi connectivity index (χ1) is 16.1. The number of carbonyl (C=O) groups excluding carboxylic acids is 2. The van der Waals surface area contributed by atoms with Crippen molar-refractivity contribution in [1.29, 1.82) is 0 Å². The van der Waals surface area contributed by atoms with Crippen LogP contribution in [-0.4, -0.2) is 55.4 Å². The predicted molar refractivity (Wildman–Crippen MR) is 125 cm³/mol. The minimum atomic E-state index is -0.428. The molecule has 1 aliphatic rings. The number of amides is 1. The molecule has 0 spiro atoms. The Balaban J connectivity index is 1.40. The Labute approximate surface area is 192 Å². The third-order valence-electron chi connectivity index (χ3n) is 5.68. The number of piperidine rings is 1. The van der Waals surface area contributed by atoms with Gasteiger partial charge in [0, 0.05) is 30.3 Å². The molecular weight excluding hydrogens is 420 g/mol. The number of para-hydroxylation sites is 1. The van der Waals surface area contributed by atoms with Gasteiger partial charge < -0.3 is 19.7 Å². The Bertz CT molecular complexity index is 1120. The van der Waals surface area contributed by atoms with Crippen molar-refractivity contribution in [3.05, 3.63) is 71.8 Å². The number of rotatable bonds is 6. The molecule has 33 heavy (non-hydrogen) atoms. The molecule has 8 heteroatoms. The van der Waals surface area contributed by atoms with Gasteiger partial charge in [-0.1, -0.05) is 12.1 Å². The number of aromatic nitrogens is 2. The topological polar surface area (TPSA) is 93.7 Å². The highest BCUT2D eigenvalue weighted by molar-refractivity contribution is 5.96. The average molecular weight is 447 g/mol. The quantitative estimate of drug-likeness (QED) is 0.581. The highest BCUT2D eigenvalue weighted by Crippen LogP contribution is 2.28. The lowest BCUT2D eigenvalue weighted by atomic mass is 10.0. The maximum Gasteiger partial charge on any atom is 0.337 e. The number of benzene rings is 2. The molecule has 1 aromatic heterocycles. The molecule has 0 bridgehead atoms. The fraction of sp³-hybridized carbons (Fsp3) is 0.280. The third-order valence-corrected chi connectivity index (χ3v) is 5.68. The molecule has 1 amide bonds. The van der Waals surface area contributed by atoms with E-state index in [1.165, 1.54) is 7.11 Å². The summed E-state index contributed by atoms with van der Waals surface area (Å²) in [7, 11) is 2.96. The van der Waals surface area contributed by atoms with Crippen molar-refractivity contribution in [2.75, 3.05) is 32.2 Å². The number of ether oxygens (including phenoxy) is 2. The number of carbonyl (C=O) groups is 2. The number of nitrogens with zero attached hydrogens (tertiary/aromatic N) is 3. The van der Waals surface area contributed by atoms with E-state index in [1.54, 1.807) is 31.4 Å². The number of anilines is 1. The van der Waals surface area contributed by atoms with Gasteiger partial charge in [-0.15, -0.1) is 10.2 Å². The normalized spacial score (nSPS) is 15.6. The zero-order valence-electron chi connectivity index (χ0n) is 18.7. The molecule has 0 aliphatic carbocycles. The molecule has 1 atom stereocenters. The van der Waals surface area contributed by atoms with E-state index < -0.39 is 5.97 Å². The van der Waals surface area contributed by atoms with Gasteiger partial charge in [0.25, 0.3) is 5.91 Å². The average Bonchev–Trinajstić information content (AvgIpc) is 2.88. The van der Waals surface area contributed by atoms with Crippen molar-refractivity contribution in [2.45, 2.75) is 18.9 Å². The first-order valence-corrected chi connectivity index (χ1v) is 10.8. The monoisotopic (exact) mass is 446 g/mol. The van der Waals surface area contributed by atoms with Crippen LogP contribution in [0.5, 0.6) is 5.75 Å². The Morgan fingerprint density at radius 1 is 0.970 bits per heavy atom. The second-order valence-corrected chi connectivity index (χ2v) is 7.80. The Morgan fingerprint density at radius 3 is 2.42 bits per heavy atom. The van der Waals surface area contributed by atoms with Gasteiger partial charge in [-0.2, -0.15) is 0 Å². The van der Waals surface area contributed by atoms with E-state index >= 15 is 0 Å². The summed E-state index contributed by atoms with van der Waals surface area (Å²) in [6.07, 6.45) is 1.82. The van der Waals surface area contributed by atoms with Gasteiger partial charge in [0.15, 0.2) is 5.82 Å². The van der Waals surface area contributed by atoms with E-state index in [4.69, 9.17) is 9.47 Å². The Morgan fingerprint density at radius 2 is 1.73 bits per heavy atom. The van der Waals surface area contributed by atoms with Crippen LogP contribution in [0.1, 0.15) is 33.6 Å². The van der Waals surface area contributed by atoms with Crippen LogP contribution in [0.3, 0.4) is 0 Å². The summed E-state index contributed by atoms with van der Waals surface area (Å²) in [5.74, 6) is 0.925. The number of methoxy groups -OCH3 is 2. The van der Waals surface area contributed by atoms with Crippen LogP contribution in [0.25, 0.3) is 11.3 Å². The van der Waals surface area contributed by atoms with E-state index in [0.29, 0.717) is 17.7 Å². The van der Waals surface area contributed by atoms with E-state index in [1.807, 2.05) is 36.4 Å². The van der Waals surface area contributed by atoms with Crippen LogP contribution in [0.4, 0.5) is 5.82 Å². The lowest BCUT2D eigenvalue weighted by Crippen LogP contribution is -2.48. The van der Waals surface area contributed by atoms with Crippen molar-refractivity contribution >= 4 is 17.7 Å². The molecule has 3 aromatic rings. The van der Waals surface area contributed by atoms with Crippen molar-refractivity contribution in [3.63, 3.8) is 0 Å². The van der Waals surface area contributed by atoms with Gasteiger partial charge in [-0.05, 0) is 61.4 Å². The number of nitrogens with one attached hydrogen (secondary N) is 1. The zero-order chi connectivity index (χ0) is 23.2. The second-order valence-electron chi connectivity index (χ2n) is 7.80. The van der Waals surface area contributed by atoms with Crippen molar-refractivity contribution < 1.29 is 19.1 Å². The standard InChI is InChI=1S/C25H26N4O4/c1-32-22-8-4-3-7-20(22)21-13-14-23(28-27-21)29-15-5-6-19(16-29)26-24(30)17-9-11-18(12-10-17)25(31)33-2/h3-4,7-14,19H,5-6,15-16H2,1-2H3,(H,26,30). The van der Waals surface area contributed by atoms with Crippen LogP contribution < -0.4 is 15.0 Å². The lowest BCUT2D eigenvalue weighted by molar-refractivity contribution is 0.0600. The molecule has 1 saturated heterocycles. The smallest absolute Gasteiger partial charge is 0.337 e. The van der Waals surface area contributed by atoms with E-state index in [0.717, 1.165) is 42.2 Å². The predicted octanol–water partition coefficient (Wildman–Crippen LogP) is 3.34. The fourth-order valence-electron chi connectivity index (χ4n) is 3.94. The van der Waals surface area contributed by atoms with Gasteiger partial charge in [-0.3, -0.25) is 4.79 Å². The second kappa shape index (κ2) is 10.1. The van der Waals surface area contributed by atoms with Gasteiger partial charge in [0.1, 0.15) is 5.75 Å². The molecule has 0 radical (unpaired) electrons. The molecule has 4 rings (SSSR count). The molecule has 1 aliphatic heterocycles. The summed E-state index contributed by atoms with van der Waals surface area (Å²) >= 11 is 0. The van der Waals surface area contributed by atoms with Gasteiger partial charge in [-0.25, -0.2) is 4.79 Å². The summed E-state index contributed by atoms with van der Waals surface area (Å²) in [5, 5.41) is 11.9. The van der Waals surface area contributed by atoms with E-state index in [9.17, 15) is 9.59 Å². The van der Waals surface area contributed by atoms with Crippen LogP contribution in [0.2, 0.25) is 0 Å². The van der Waals surface area contributed by atoms with Gasteiger partial charge in [0.2, 0.25) is 0 Å². The van der Waals surface area contributed by atoms with Crippen molar-refractivity contribution in [1.82, 2.24) is 15.5 Å². The highest BCUT2D eigenvalue weighted by Gasteiger charge is 2.23. The summed E-state index contributed by atoms with van der Waals surface area (Å²) in [6, 6.07) is 18.0. The first kappa shape index (κ1) is 22.3. The molecule has 2 aromatic carbocycles. The lowest BCUT2D eigenvalue weighted by Gasteiger charge is -2.33. The highest BCUT2D eigenvalue weighted by atomic mass is 16.5. The SMILES string of the molecule is COC(=O)c1ccc(C(=O)NC2CCCN(c3ccc(-c4ccccc4OC)nn3)C2)cc1. The summed E-state index contributed by atoms with van der Waals surface area (Å²) in [5.41, 5.74) is 2.54. The minimum absolute atomic E-state index is 0.0118. The Kier molecular flexibility index (Phi) is 6.83. The van der Waals surface area contributed by atoms with Crippen LogP contribution in [0, 0.1) is 0 Å². The van der Waals surface area contributed by atoms with Gasteiger partial charge >= 0.3 is 5.97 Å². The molecule has 0 saturated carbocycles. The maximum absolute atomic E-state index is 12.7. The molecule has 8 nitrogen and oxygen atoms in total. The summed E-state index contributed by atoms with van der Waals surface area (Å²) < 4.78 is 10.1. The molecule has 2 heterocycles. The van der Waals surface area contributed by atoms with Gasteiger partial charge in [0.05, 0.1) is 25.5 Å². The Hall–Kier alpha value is -3.94. The summed E-state index contributed by atoms with van der Waals surface area (Å²) in [4.78, 5) is 26.4. The molecule has 1 unspecified atom stereocenters. The van der Waals surface area contributed by atoms with Crippen molar-refractivity contribution in [3.8, 4) is 17.0 Å².